The zero-order valence-corrected chi connectivity index (χ0v) is 42.4. The molecule has 0 saturated carbocycles. The lowest BCUT2D eigenvalue weighted by atomic mass is 9.99. The van der Waals surface area contributed by atoms with Gasteiger partial charge in [0.25, 0.3) is 0 Å². The summed E-state index contributed by atoms with van der Waals surface area (Å²) in [7, 11) is 0. The number of phenolic OH excluding ortho intramolecular Hbond substituents is 1. The second-order valence-electron chi connectivity index (χ2n) is 19.2. The highest BCUT2D eigenvalue weighted by molar-refractivity contribution is 6.00. The number of fused-ring (bicyclic) bond motifs is 1. The number of aliphatic carboxylic acids is 1. The monoisotopic (exact) mass is 1040 g/mol. The molecule has 0 unspecified atom stereocenters. The summed E-state index contributed by atoms with van der Waals surface area (Å²) in [6.45, 7) is 4.31. The number of unbranched alkanes of at least 4 members (excludes halogenated alkanes) is 5. The highest BCUT2D eigenvalue weighted by Gasteiger charge is 2.41. The summed E-state index contributed by atoms with van der Waals surface area (Å²) in [5.41, 5.74) is 11.4. The average molecular weight is 1050 g/mol. The lowest BCUT2D eigenvalue weighted by Gasteiger charge is -2.30. The molecule has 25 nitrogen and oxygen atoms in total. The molecule has 10 atom stereocenters. The molecule has 0 radical (unpaired) electrons. The van der Waals surface area contributed by atoms with E-state index in [0.29, 0.717) is 24.3 Å². The van der Waals surface area contributed by atoms with Crippen LogP contribution < -0.4 is 48.7 Å². The van der Waals surface area contributed by atoms with E-state index in [1.165, 1.54) is 31.2 Å². The zero-order chi connectivity index (χ0) is 55.1. The van der Waals surface area contributed by atoms with E-state index in [4.69, 9.17) is 11.5 Å². The predicted molar refractivity (Wildman–Crippen MR) is 264 cm³/mol. The van der Waals surface area contributed by atoms with E-state index >= 15 is 0 Å². The van der Waals surface area contributed by atoms with E-state index in [1.807, 2.05) is 0 Å². The number of aliphatic hydroxyl groups is 2. The molecule has 0 aromatic heterocycles. The number of carboxylic acids is 1. The Bertz CT molecular complexity index is 2130. The van der Waals surface area contributed by atoms with Gasteiger partial charge in [0.2, 0.25) is 59.1 Å². The Kier molecular flexibility index (Phi) is 25.7. The Balaban J connectivity index is 2.11. The van der Waals surface area contributed by atoms with Gasteiger partial charge in [-0.1, -0.05) is 77.3 Å². The maximum Gasteiger partial charge on any atom is 0.303 e. The van der Waals surface area contributed by atoms with Gasteiger partial charge in [-0.05, 0) is 56.2 Å². The molecule has 2 saturated heterocycles. The lowest BCUT2D eigenvalue weighted by molar-refractivity contribution is -0.143. The Morgan fingerprint density at radius 3 is 1.84 bits per heavy atom. The third-order valence-corrected chi connectivity index (χ3v) is 13.1. The van der Waals surface area contributed by atoms with Gasteiger partial charge < -0.3 is 74.0 Å². The Labute approximate surface area is 429 Å². The Morgan fingerprint density at radius 1 is 0.676 bits per heavy atom. The largest absolute Gasteiger partial charge is 0.508 e. The fourth-order valence-corrected chi connectivity index (χ4v) is 8.65. The van der Waals surface area contributed by atoms with Crippen LogP contribution in [0.1, 0.15) is 129 Å². The minimum Gasteiger partial charge on any atom is -0.508 e. The molecular weight excluding hydrogens is 969 g/mol. The van der Waals surface area contributed by atoms with Crippen LogP contribution in [0.3, 0.4) is 0 Å². The van der Waals surface area contributed by atoms with Crippen LogP contribution in [0.2, 0.25) is 0 Å². The second-order valence-corrected chi connectivity index (χ2v) is 19.2. The van der Waals surface area contributed by atoms with Gasteiger partial charge in [0.05, 0.1) is 25.6 Å². The van der Waals surface area contributed by atoms with Crippen molar-refractivity contribution >= 4 is 65.0 Å². The summed E-state index contributed by atoms with van der Waals surface area (Å²) < 4.78 is 0. The van der Waals surface area contributed by atoms with Crippen molar-refractivity contribution in [2.45, 2.75) is 184 Å². The number of amides is 10. The average Bonchev–Trinajstić information content (AvgIpc) is 3.83. The number of nitrogens with zero attached hydrogens (tertiary/aromatic N) is 1. The molecule has 25 heteroatoms. The van der Waals surface area contributed by atoms with Gasteiger partial charge in [-0.15, -0.1) is 0 Å². The smallest absolute Gasteiger partial charge is 0.303 e. The first-order valence-electron chi connectivity index (χ1n) is 25.3. The van der Waals surface area contributed by atoms with Gasteiger partial charge >= 0.3 is 5.97 Å². The molecule has 10 amide bonds. The molecule has 1 aromatic rings. The lowest BCUT2D eigenvalue weighted by Crippen LogP contribution is -2.61. The highest BCUT2D eigenvalue weighted by atomic mass is 16.4. The SMILES string of the molecule is CC[C@H](C)CCCCCCCC[C@@H]1CC(=O)N[C@@H](CC(N)=O)C(=O)N[C@H](Cc2ccc(O)cc2)C(=O)N[C@H](CC(N)=O)C(=O)N2CCC[C@H]2C(=O)N[C@H](CCC(=O)O)C(=O)N[C@@H](CO)C(=O)N[C@H]([C@H](C)O)C(=O)N1. The molecule has 74 heavy (non-hydrogen) atoms. The zero-order valence-electron chi connectivity index (χ0n) is 42.4. The molecule has 0 aliphatic carbocycles. The summed E-state index contributed by atoms with van der Waals surface area (Å²) in [6.07, 6.45) is 2.33. The number of carbonyl (C=O) groups excluding carboxylic acids is 10. The standard InChI is InChI=1S/C49H76N10O15/c1-4-27(2)12-9-7-5-6-8-10-13-30-23-40(65)53-34(24-38(50)63)45(70)55-33(22-29-15-17-31(62)18-16-29)44(69)56-35(25-39(51)64)49(74)59-21-11-14-37(59)47(72)54-32(19-20-41(66)67)43(68)57-36(26-60)46(71)58-42(28(3)61)48(73)52-30/h15-18,27-28,30,32-37,42,60-62H,4-14,19-26H2,1-3H3,(H2,50,63)(H2,51,64)(H,52,73)(H,53,65)(H,54,72)(H,55,70)(H,56,69)(H,57,68)(H,58,71)(H,66,67)/t27-,28-,30+,32+,33+,34-,35+,36-,37-,42+/m0/s1. The summed E-state index contributed by atoms with van der Waals surface area (Å²) in [4.78, 5) is 149. The minimum atomic E-state index is -1.84. The quantitative estimate of drug-likeness (QED) is 0.0586. The number of nitrogens with two attached hydrogens (primary N) is 2. The minimum absolute atomic E-state index is 0.0153. The van der Waals surface area contributed by atoms with E-state index in [-0.39, 0.29) is 38.0 Å². The van der Waals surface area contributed by atoms with Crippen molar-refractivity contribution in [2.75, 3.05) is 13.2 Å². The summed E-state index contributed by atoms with van der Waals surface area (Å²) >= 11 is 0. The van der Waals surface area contributed by atoms with E-state index in [9.17, 15) is 73.2 Å². The van der Waals surface area contributed by atoms with Crippen molar-refractivity contribution in [3.63, 3.8) is 0 Å². The van der Waals surface area contributed by atoms with Gasteiger partial charge in [-0.25, -0.2) is 0 Å². The maximum atomic E-state index is 14.3. The molecule has 0 spiro atoms. The van der Waals surface area contributed by atoms with E-state index in [0.717, 1.165) is 43.4 Å². The van der Waals surface area contributed by atoms with Gasteiger partial charge in [0.1, 0.15) is 48.0 Å². The number of carbonyl (C=O) groups is 11. The summed E-state index contributed by atoms with van der Waals surface area (Å²) in [5, 5.41) is 57.4. The number of nitrogens with one attached hydrogen (secondary N) is 7. The van der Waals surface area contributed by atoms with E-state index in [1.54, 1.807) is 0 Å². The molecule has 2 heterocycles. The van der Waals surface area contributed by atoms with Crippen molar-refractivity contribution in [1.29, 1.82) is 0 Å². The van der Waals surface area contributed by atoms with Crippen LogP contribution >= 0.6 is 0 Å². The van der Waals surface area contributed by atoms with Crippen LogP contribution in [0, 0.1) is 5.92 Å². The molecule has 2 aliphatic rings. The fourth-order valence-electron chi connectivity index (χ4n) is 8.65. The maximum absolute atomic E-state index is 14.3. The Morgan fingerprint density at radius 2 is 1.23 bits per heavy atom. The van der Waals surface area contributed by atoms with Crippen LogP contribution in [0.5, 0.6) is 5.75 Å². The third kappa shape index (κ3) is 20.9. The van der Waals surface area contributed by atoms with Gasteiger partial charge in [0.15, 0.2) is 0 Å². The van der Waals surface area contributed by atoms with Crippen LogP contribution in [0.4, 0.5) is 0 Å². The highest BCUT2D eigenvalue weighted by Crippen LogP contribution is 2.21. The number of aliphatic hydroxyl groups excluding tert-OH is 2. The summed E-state index contributed by atoms with van der Waals surface area (Å²) in [5.74, 6) is -11.3. The number of hydrogen-bond acceptors (Lipinski definition) is 14. The molecule has 2 fully saturated rings. The van der Waals surface area contributed by atoms with Crippen LogP contribution in [0.25, 0.3) is 0 Å². The molecule has 2 aliphatic heterocycles. The van der Waals surface area contributed by atoms with Gasteiger partial charge in [-0.3, -0.25) is 52.7 Å². The van der Waals surface area contributed by atoms with Crippen LogP contribution in [0.15, 0.2) is 24.3 Å². The molecular formula is C49H76N10O15. The fraction of sp³-hybridized carbons (Fsp3) is 0.653. The van der Waals surface area contributed by atoms with Gasteiger partial charge in [-0.2, -0.15) is 0 Å². The first-order valence-corrected chi connectivity index (χ1v) is 25.3. The molecule has 412 valence electrons. The first-order chi connectivity index (χ1) is 35.0. The summed E-state index contributed by atoms with van der Waals surface area (Å²) in [6, 6.07) is -7.33. The van der Waals surface area contributed by atoms with E-state index in [2.05, 4.69) is 51.1 Å². The number of benzene rings is 1. The molecule has 15 N–H and O–H groups in total. The topological polar surface area (TPSA) is 408 Å². The number of aromatic hydroxyl groups is 1. The van der Waals surface area contributed by atoms with Crippen molar-refractivity contribution in [3.8, 4) is 5.75 Å². The number of primary amides is 2. The van der Waals surface area contributed by atoms with Crippen molar-refractivity contribution in [1.82, 2.24) is 42.1 Å². The second kappa shape index (κ2) is 31.0. The predicted octanol–water partition coefficient (Wildman–Crippen LogP) is -2.12. The van der Waals surface area contributed by atoms with Crippen molar-refractivity contribution in [2.24, 2.45) is 17.4 Å². The van der Waals surface area contributed by atoms with E-state index < -0.39 is 158 Å². The molecule has 3 rings (SSSR count). The molecule has 0 bridgehead atoms. The first kappa shape index (κ1) is 61.4. The number of phenols is 1. The number of rotatable bonds is 21. The molecule has 1 aromatic carbocycles. The van der Waals surface area contributed by atoms with Crippen LogP contribution in [-0.2, 0) is 59.2 Å². The normalized spacial score (nSPS) is 25.0. The number of carboxylic acid groups (broad SMARTS) is 1. The number of hydrogen-bond donors (Lipinski definition) is 13. The van der Waals surface area contributed by atoms with Crippen LogP contribution in [-0.4, -0.2) is 158 Å². The van der Waals surface area contributed by atoms with Crippen molar-refractivity contribution < 1.29 is 73.2 Å². The Hall–Kier alpha value is -6.89. The van der Waals surface area contributed by atoms with Crippen molar-refractivity contribution in [3.05, 3.63) is 29.8 Å². The van der Waals surface area contributed by atoms with Gasteiger partial charge in [0, 0.05) is 31.8 Å². The third-order valence-electron chi connectivity index (χ3n) is 13.1.